The van der Waals surface area contributed by atoms with E-state index in [-0.39, 0.29) is 12.5 Å². The van der Waals surface area contributed by atoms with Crippen molar-refractivity contribution in [2.75, 3.05) is 26.1 Å². The van der Waals surface area contributed by atoms with Crippen LogP contribution >= 0.6 is 11.6 Å². The van der Waals surface area contributed by atoms with E-state index in [4.69, 9.17) is 25.8 Å². The number of carbonyl (C=O) groups excluding carboxylic acids is 2. The lowest BCUT2D eigenvalue weighted by Crippen LogP contribution is -2.20. The Kier molecular flexibility index (Phi) is 8.48. The Bertz CT molecular complexity index is 1210. The first-order valence-corrected chi connectivity index (χ1v) is 10.6. The number of rotatable bonds is 9. The zero-order chi connectivity index (χ0) is 24.5. The van der Waals surface area contributed by atoms with Gasteiger partial charge in [0, 0.05) is 11.3 Å². The predicted octanol–water partition coefficient (Wildman–Crippen LogP) is 4.45. The normalized spacial score (nSPS) is 10.6. The number of amides is 2. The number of carbonyl (C=O) groups is 2. The number of ether oxygens (including phenoxy) is 3. The Labute approximate surface area is 202 Å². The average Bonchev–Trinajstić information content (AvgIpc) is 2.83. The minimum Gasteiger partial charge on any atom is -0.493 e. The molecule has 34 heavy (non-hydrogen) atoms. The number of hydrogen-bond acceptors (Lipinski definition) is 6. The zero-order valence-electron chi connectivity index (χ0n) is 18.9. The Morgan fingerprint density at radius 2 is 1.74 bits per heavy atom. The van der Waals surface area contributed by atoms with E-state index in [2.05, 4.69) is 15.8 Å². The molecule has 3 aromatic rings. The minimum absolute atomic E-state index is 0.192. The molecule has 3 aromatic carbocycles. The van der Waals surface area contributed by atoms with Crippen molar-refractivity contribution in [1.29, 1.82) is 0 Å². The molecule has 8 nitrogen and oxygen atoms in total. The summed E-state index contributed by atoms with van der Waals surface area (Å²) in [5.41, 5.74) is 5.18. The molecule has 3 rings (SSSR count). The van der Waals surface area contributed by atoms with E-state index in [9.17, 15) is 9.59 Å². The number of anilines is 1. The van der Waals surface area contributed by atoms with Crippen LogP contribution in [0.2, 0.25) is 5.02 Å². The SMILES string of the molecule is COc1ccc(C(=O)N/N=C/c2ccc(OCC(=O)Nc3cccc(C)c3)c(Cl)c2)cc1OC. The minimum atomic E-state index is -0.414. The fraction of sp³-hybridized carbons (Fsp3) is 0.160. The van der Waals surface area contributed by atoms with E-state index in [1.165, 1.54) is 20.4 Å². The van der Waals surface area contributed by atoms with Crippen molar-refractivity contribution in [3.63, 3.8) is 0 Å². The first kappa shape index (κ1) is 24.6. The summed E-state index contributed by atoms with van der Waals surface area (Å²) in [7, 11) is 3.01. The molecular weight excluding hydrogens is 458 g/mol. The monoisotopic (exact) mass is 481 g/mol. The van der Waals surface area contributed by atoms with E-state index in [0.717, 1.165) is 5.56 Å². The molecule has 0 aliphatic carbocycles. The molecule has 0 aromatic heterocycles. The molecule has 0 atom stereocenters. The summed E-state index contributed by atoms with van der Waals surface area (Å²) >= 11 is 6.26. The standard InChI is InChI=1S/C25H24ClN3O5/c1-16-5-4-6-19(11-16)28-24(30)15-34-21-9-7-17(12-20(21)26)14-27-29-25(31)18-8-10-22(32-2)23(13-18)33-3/h4-14H,15H2,1-3H3,(H,28,30)(H,29,31)/b27-14+. The summed E-state index contributed by atoms with van der Waals surface area (Å²) in [5.74, 6) is 0.599. The second kappa shape index (κ2) is 11.7. The van der Waals surface area contributed by atoms with Crippen molar-refractivity contribution < 1.29 is 23.8 Å². The van der Waals surface area contributed by atoms with Crippen molar-refractivity contribution >= 4 is 35.3 Å². The Hall–Kier alpha value is -4.04. The number of nitrogens with zero attached hydrogens (tertiary/aromatic N) is 1. The van der Waals surface area contributed by atoms with E-state index >= 15 is 0 Å². The van der Waals surface area contributed by atoms with Gasteiger partial charge in [-0.15, -0.1) is 0 Å². The summed E-state index contributed by atoms with van der Waals surface area (Å²) in [6.45, 7) is 1.75. The molecule has 176 valence electrons. The van der Waals surface area contributed by atoms with Crippen LogP contribution in [0.5, 0.6) is 17.2 Å². The highest BCUT2D eigenvalue weighted by Crippen LogP contribution is 2.27. The highest BCUT2D eigenvalue weighted by atomic mass is 35.5. The van der Waals surface area contributed by atoms with Crippen molar-refractivity contribution in [1.82, 2.24) is 5.43 Å². The van der Waals surface area contributed by atoms with Crippen LogP contribution in [-0.4, -0.2) is 38.9 Å². The molecule has 0 aliphatic heterocycles. The van der Waals surface area contributed by atoms with Gasteiger partial charge in [-0.05, 0) is 66.6 Å². The van der Waals surface area contributed by atoms with Crippen LogP contribution in [0, 0.1) is 6.92 Å². The molecule has 0 saturated heterocycles. The van der Waals surface area contributed by atoms with Gasteiger partial charge in [0.1, 0.15) is 5.75 Å². The van der Waals surface area contributed by atoms with Gasteiger partial charge in [0.2, 0.25) is 0 Å². The second-order valence-corrected chi connectivity index (χ2v) is 7.57. The molecule has 0 heterocycles. The molecule has 0 radical (unpaired) electrons. The fourth-order valence-corrected chi connectivity index (χ4v) is 3.23. The first-order chi connectivity index (χ1) is 16.4. The van der Waals surface area contributed by atoms with Crippen molar-refractivity contribution in [2.45, 2.75) is 6.92 Å². The molecule has 9 heteroatoms. The van der Waals surface area contributed by atoms with Gasteiger partial charge in [0.25, 0.3) is 11.8 Å². The summed E-state index contributed by atoms with van der Waals surface area (Å²) in [6.07, 6.45) is 1.44. The summed E-state index contributed by atoms with van der Waals surface area (Å²) in [4.78, 5) is 24.4. The summed E-state index contributed by atoms with van der Waals surface area (Å²) in [5, 5.41) is 7.03. The number of aryl methyl sites for hydroxylation is 1. The van der Waals surface area contributed by atoms with Gasteiger partial charge < -0.3 is 19.5 Å². The van der Waals surface area contributed by atoms with E-state index in [1.807, 2.05) is 25.1 Å². The van der Waals surface area contributed by atoms with E-state index < -0.39 is 5.91 Å². The summed E-state index contributed by atoms with van der Waals surface area (Å²) in [6, 6.07) is 17.2. The van der Waals surface area contributed by atoms with Crippen molar-refractivity contribution in [3.05, 3.63) is 82.4 Å². The zero-order valence-corrected chi connectivity index (χ0v) is 19.7. The molecule has 0 fully saturated rings. The third-order valence-corrected chi connectivity index (χ3v) is 4.94. The van der Waals surface area contributed by atoms with Crippen LogP contribution in [0.1, 0.15) is 21.5 Å². The third kappa shape index (κ3) is 6.73. The van der Waals surface area contributed by atoms with Gasteiger partial charge in [-0.2, -0.15) is 5.10 Å². The maximum Gasteiger partial charge on any atom is 0.271 e. The molecular formula is C25H24ClN3O5. The Morgan fingerprint density at radius 1 is 0.971 bits per heavy atom. The first-order valence-electron chi connectivity index (χ1n) is 10.2. The molecule has 2 N–H and O–H groups in total. The van der Waals surface area contributed by atoms with Gasteiger partial charge in [-0.1, -0.05) is 23.7 Å². The topological polar surface area (TPSA) is 98.3 Å². The van der Waals surface area contributed by atoms with Crippen LogP contribution in [0.3, 0.4) is 0 Å². The highest BCUT2D eigenvalue weighted by Gasteiger charge is 2.10. The smallest absolute Gasteiger partial charge is 0.271 e. The average molecular weight is 482 g/mol. The summed E-state index contributed by atoms with van der Waals surface area (Å²) < 4.78 is 15.9. The van der Waals surface area contributed by atoms with Gasteiger partial charge in [-0.25, -0.2) is 5.43 Å². The number of methoxy groups -OCH3 is 2. The fourth-order valence-electron chi connectivity index (χ4n) is 2.99. The predicted molar refractivity (Wildman–Crippen MR) is 131 cm³/mol. The van der Waals surface area contributed by atoms with E-state index in [1.54, 1.807) is 42.5 Å². The Morgan fingerprint density at radius 3 is 2.44 bits per heavy atom. The Balaban J connectivity index is 1.54. The van der Waals surface area contributed by atoms with Gasteiger partial charge in [-0.3, -0.25) is 9.59 Å². The molecule has 0 bridgehead atoms. The lowest BCUT2D eigenvalue weighted by atomic mass is 10.2. The second-order valence-electron chi connectivity index (χ2n) is 7.17. The number of halogens is 1. The van der Waals surface area contributed by atoms with Gasteiger partial charge >= 0.3 is 0 Å². The maximum absolute atomic E-state index is 12.3. The van der Waals surface area contributed by atoms with Crippen LogP contribution < -0.4 is 25.0 Å². The number of nitrogens with one attached hydrogen (secondary N) is 2. The van der Waals surface area contributed by atoms with Gasteiger partial charge in [0.05, 0.1) is 25.5 Å². The lowest BCUT2D eigenvalue weighted by Gasteiger charge is -2.10. The number of hydrazone groups is 1. The third-order valence-electron chi connectivity index (χ3n) is 4.64. The highest BCUT2D eigenvalue weighted by molar-refractivity contribution is 6.32. The van der Waals surface area contributed by atoms with E-state index in [0.29, 0.717) is 39.1 Å². The van der Waals surface area contributed by atoms with Crippen LogP contribution in [0.25, 0.3) is 0 Å². The number of hydrogen-bond donors (Lipinski definition) is 2. The van der Waals surface area contributed by atoms with Crippen molar-refractivity contribution in [3.8, 4) is 17.2 Å². The van der Waals surface area contributed by atoms with Crippen molar-refractivity contribution in [2.24, 2.45) is 5.10 Å². The molecule has 0 unspecified atom stereocenters. The molecule has 0 saturated carbocycles. The van der Waals surface area contributed by atoms with Crippen LogP contribution in [0.15, 0.2) is 65.8 Å². The largest absolute Gasteiger partial charge is 0.493 e. The van der Waals surface area contributed by atoms with Crippen LogP contribution in [0.4, 0.5) is 5.69 Å². The number of benzene rings is 3. The quantitative estimate of drug-likeness (QED) is 0.347. The molecule has 0 spiro atoms. The lowest BCUT2D eigenvalue weighted by molar-refractivity contribution is -0.118. The van der Waals surface area contributed by atoms with Crippen LogP contribution in [-0.2, 0) is 4.79 Å². The maximum atomic E-state index is 12.3. The molecule has 0 aliphatic rings. The van der Waals surface area contributed by atoms with Gasteiger partial charge in [0.15, 0.2) is 18.1 Å². The molecule has 2 amide bonds.